The van der Waals surface area contributed by atoms with Gasteiger partial charge in [0.05, 0.1) is 0 Å². The molecule has 0 aliphatic heterocycles. The van der Waals surface area contributed by atoms with Gasteiger partial charge < -0.3 is 0 Å². The fourth-order valence-corrected chi connectivity index (χ4v) is 3.63. The highest BCUT2D eigenvalue weighted by Crippen LogP contribution is 2.33. The Hall–Kier alpha value is -1.93. The summed E-state index contributed by atoms with van der Waals surface area (Å²) in [5.74, 6) is 0.0897. The number of carbonyl (C=O) groups is 1. The van der Waals surface area contributed by atoms with Crippen LogP contribution in [0.3, 0.4) is 0 Å². The number of halogens is 1. The minimum absolute atomic E-state index is 0.0897. The second kappa shape index (κ2) is 4.81. The summed E-state index contributed by atoms with van der Waals surface area (Å²) in [6.45, 7) is 0. The van der Waals surface area contributed by atoms with Gasteiger partial charge in [-0.25, -0.2) is 0 Å². The van der Waals surface area contributed by atoms with Crippen molar-refractivity contribution in [2.45, 2.75) is 12.8 Å². The van der Waals surface area contributed by atoms with Gasteiger partial charge in [0.15, 0.2) is 5.78 Å². The Kier molecular flexibility index (Phi) is 2.93. The molecule has 1 aliphatic rings. The number of rotatable bonds is 2. The zero-order valence-corrected chi connectivity index (χ0v) is 13.0. The van der Waals surface area contributed by atoms with E-state index >= 15 is 0 Å². The van der Waals surface area contributed by atoms with Crippen molar-refractivity contribution in [3.8, 4) is 0 Å². The maximum atomic E-state index is 12.8. The van der Waals surface area contributed by atoms with Crippen molar-refractivity contribution >= 4 is 32.5 Å². The molecule has 102 valence electrons. The lowest BCUT2D eigenvalue weighted by Gasteiger charge is -2.08. The smallest absolute Gasteiger partial charge is 0.193 e. The van der Waals surface area contributed by atoms with E-state index in [1.165, 1.54) is 16.5 Å². The van der Waals surface area contributed by atoms with Crippen molar-refractivity contribution < 1.29 is 4.79 Å². The van der Waals surface area contributed by atoms with Crippen molar-refractivity contribution in [2.75, 3.05) is 0 Å². The van der Waals surface area contributed by atoms with Crippen LogP contribution < -0.4 is 0 Å². The molecular weight excluding hydrogens is 324 g/mol. The maximum Gasteiger partial charge on any atom is 0.193 e. The highest BCUT2D eigenvalue weighted by atomic mass is 79.9. The monoisotopic (exact) mass is 336 g/mol. The molecule has 3 aromatic carbocycles. The van der Waals surface area contributed by atoms with E-state index in [-0.39, 0.29) is 5.78 Å². The summed E-state index contributed by atoms with van der Waals surface area (Å²) < 4.78 is 0.930. The lowest BCUT2D eigenvalue weighted by molar-refractivity contribution is 0.104. The summed E-state index contributed by atoms with van der Waals surface area (Å²) in [5.41, 5.74) is 4.26. The lowest BCUT2D eigenvalue weighted by Crippen LogP contribution is -2.02. The molecule has 0 unspecified atom stereocenters. The molecule has 0 N–H and O–H groups in total. The van der Waals surface area contributed by atoms with Gasteiger partial charge in [0.1, 0.15) is 0 Å². The molecule has 0 radical (unpaired) electrons. The van der Waals surface area contributed by atoms with Gasteiger partial charge in [-0.1, -0.05) is 58.4 Å². The molecule has 0 saturated heterocycles. The van der Waals surface area contributed by atoms with E-state index in [1.807, 2.05) is 30.3 Å². The topological polar surface area (TPSA) is 17.1 Å². The van der Waals surface area contributed by atoms with Gasteiger partial charge in [-0.05, 0) is 46.9 Å². The predicted molar refractivity (Wildman–Crippen MR) is 88.9 cm³/mol. The van der Waals surface area contributed by atoms with Crippen LogP contribution in [0.15, 0.2) is 59.1 Å². The van der Waals surface area contributed by atoms with E-state index < -0.39 is 0 Å². The molecule has 0 amide bonds. The van der Waals surface area contributed by atoms with Crippen LogP contribution in [0.2, 0.25) is 0 Å². The van der Waals surface area contributed by atoms with E-state index in [1.54, 1.807) is 0 Å². The standard InChI is InChI=1S/C19H13BrO/c20-15-5-1-4-14(11-15)19(21)17-10-9-13-8-7-12-3-2-6-16(17)18(12)13/h1-6,9-11H,7-8H2. The molecule has 2 heteroatoms. The van der Waals surface area contributed by atoms with E-state index in [0.717, 1.165) is 33.8 Å². The van der Waals surface area contributed by atoms with E-state index in [4.69, 9.17) is 0 Å². The summed E-state index contributed by atoms with van der Waals surface area (Å²) >= 11 is 3.43. The minimum Gasteiger partial charge on any atom is -0.289 e. The van der Waals surface area contributed by atoms with Crippen LogP contribution in [0.1, 0.15) is 27.0 Å². The van der Waals surface area contributed by atoms with Crippen LogP contribution in [0.25, 0.3) is 10.8 Å². The third kappa shape index (κ3) is 2.02. The van der Waals surface area contributed by atoms with E-state index in [0.29, 0.717) is 0 Å². The van der Waals surface area contributed by atoms with Gasteiger partial charge in [0.2, 0.25) is 0 Å². The molecule has 0 heterocycles. The second-order valence-corrected chi connectivity index (χ2v) is 6.37. The molecule has 4 rings (SSSR count). The SMILES string of the molecule is O=C(c1cccc(Br)c1)c1ccc2c3c(cccc13)CC2. The normalized spacial score (nSPS) is 12.8. The number of aryl methyl sites for hydroxylation is 2. The van der Waals surface area contributed by atoms with Crippen molar-refractivity contribution in [1.29, 1.82) is 0 Å². The largest absolute Gasteiger partial charge is 0.289 e. The molecule has 1 nitrogen and oxygen atoms in total. The molecule has 1 aliphatic carbocycles. The highest BCUT2D eigenvalue weighted by Gasteiger charge is 2.19. The summed E-state index contributed by atoms with van der Waals surface area (Å²) in [7, 11) is 0. The van der Waals surface area contributed by atoms with Crippen molar-refractivity contribution in [1.82, 2.24) is 0 Å². The Morgan fingerprint density at radius 3 is 2.48 bits per heavy atom. The molecule has 21 heavy (non-hydrogen) atoms. The Morgan fingerprint density at radius 1 is 0.905 bits per heavy atom. The van der Waals surface area contributed by atoms with Gasteiger partial charge in [0.25, 0.3) is 0 Å². The molecule has 0 atom stereocenters. The summed E-state index contributed by atoms with van der Waals surface area (Å²) in [4.78, 5) is 12.8. The first-order valence-corrected chi connectivity index (χ1v) is 7.87. The first-order chi connectivity index (χ1) is 10.2. The average Bonchev–Trinajstić information content (AvgIpc) is 2.92. The van der Waals surface area contributed by atoms with E-state index in [9.17, 15) is 4.79 Å². The molecule has 0 spiro atoms. The maximum absolute atomic E-state index is 12.8. The van der Waals surface area contributed by atoms with Crippen LogP contribution >= 0.6 is 15.9 Å². The number of hydrogen-bond acceptors (Lipinski definition) is 1. The van der Waals surface area contributed by atoms with Gasteiger partial charge in [-0.2, -0.15) is 0 Å². The van der Waals surface area contributed by atoms with Crippen LogP contribution in [0, 0.1) is 0 Å². The lowest BCUT2D eigenvalue weighted by atomic mass is 9.95. The Bertz CT molecular complexity index is 870. The van der Waals surface area contributed by atoms with Gasteiger partial charge in [0, 0.05) is 15.6 Å². The molecular formula is C19H13BrO. The van der Waals surface area contributed by atoms with Crippen LogP contribution in [0.5, 0.6) is 0 Å². The molecule has 0 saturated carbocycles. The van der Waals surface area contributed by atoms with Crippen LogP contribution in [-0.2, 0) is 12.8 Å². The molecule has 0 bridgehead atoms. The van der Waals surface area contributed by atoms with Gasteiger partial charge >= 0.3 is 0 Å². The number of benzene rings is 3. The zero-order valence-electron chi connectivity index (χ0n) is 11.4. The minimum atomic E-state index is 0.0897. The fourth-order valence-electron chi connectivity index (χ4n) is 3.23. The molecule has 0 fully saturated rings. The third-order valence-corrected chi connectivity index (χ3v) is 4.70. The average molecular weight is 337 g/mol. The summed E-state index contributed by atoms with van der Waals surface area (Å²) in [6.07, 6.45) is 2.17. The molecule has 0 aromatic heterocycles. The van der Waals surface area contributed by atoms with E-state index in [2.05, 4.69) is 40.2 Å². The van der Waals surface area contributed by atoms with Crippen LogP contribution in [-0.4, -0.2) is 5.78 Å². The fraction of sp³-hybridized carbons (Fsp3) is 0.105. The van der Waals surface area contributed by atoms with Crippen molar-refractivity contribution in [3.05, 3.63) is 81.3 Å². The molecule has 3 aromatic rings. The first kappa shape index (κ1) is 12.8. The van der Waals surface area contributed by atoms with Crippen molar-refractivity contribution in [2.24, 2.45) is 0 Å². The van der Waals surface area contributed by atoms with Crippen molar-refractivity contribution in [3.63, 3.8) is 0 Å². The van der Waals surface area contributed by atoms with Crippen LogP contribution in [0.4, 0.5) is 0 Å². The quantitative estimate of drug-likeness (QED) is 0.606. The summed E-state index contributed by atoms with van der Waals surface area (Å²) in [6, 6.07) is 18.0. The second-order valence-electron chi connectivity index (χ2n) is 5.45. The number of hydrogen-bond donors (Lipinski definition) is 0. The highest BCUT2D eigenvalue weighted by molar-refractivity contribution is 9.10. The first-order valence-electron chi connectivity index (χ1n) is 7.08. The zero-order chi connectivity index (χ0) is 14.4. The Labute approximate surface area is 131 Å². The van der Waals surface area contributed by atoms with Gasteiger partial charge in [-0.3, -0.25) is 4.79 Å². The third-order valence-electron chi connectivity index (χ3n) is 4.21. The Morgan fingerprint density at radius 2 is 1.67 bits per heavy atom. The predicted octanol–water partition coefficient (Wildman–Crippen LogP) is 4.93. The van der Waals surface area contributed by atoms with Gasteiger partial charge in [-0.15, -0.1) is 0 Å². The number of ketones is 1. The number of carbonyl (C=O) groups excluding carboxylic acids is 1. The Balaban J connectivity index is 1.94. The summed E-state index contributed by atoms with van der Waals surface area (Å²) in [5, 5.41) is 2.38.